The van der Waals surface area contributed by atoms with Gasteiger partial charge in [-0.3, -0.25) is 0 Å². The second-order valence-electron chi connectivity index (χ2n) is 21.8. The van der Waals surface area contributed by atoms with Crippen LogP contribution < -0.4 is 0 Å². The largest absolute Gasteiger partial charge is 0.309 e. The number of hydrogen-bond donors (Lipinski definition) is 0. The van der Waals surface area contributed by atoms with Gasteiger partial charge in [0.05, 0.1) is 56.7 Å². The van der Waals surface area contributed by atoms with Crippen molar-refractivity contribution in [1.29, 1.82) is 10.5 Å². The summed E-state index contributed by atoms with van der Waals surface area (Å²) in [6, 6.07) is 53.1. The molecule has 2 aromatic heterocycles. The van der Waals surface area contributed by atoms with E-state index in [1.54, 1.807) is 0 Å². The number of rotatable bonds is 4. The minimum Gasteiger partial charge on any atom is -0.309 e. The lowest BCUT2D eigenvalue weighted by atomic mass is 9.85. The van der Waals surface area contributed by atoms with Crippen LogP contribution in [0.25, 0.3) is 77.2 Å². The van der Waals surface area contributed by atoms with Gasteiger partial charge in [-0.1, -0.05) is 144 Å². The molecule has 0 aliphatic rings. The van der Waals surface area contributed by atoms with Crippen molar-refractivity contribution in [3.63, 3.8) is 0 Å². The molecule has 0 spiro atoms. The van der Waals surface area contributed by atoms with E-state index in [0.29, 0.717) is 11.1 Å². The van der Waals surface area contributed by atoms with E-state index in [1.807, 2.05) is 36.4 Å². The molecular formula is C60H58N4. The molecule has 0 aliphatic carbocycles. The number of hydrogen-bond acceptors (Lipinski definition) is 2. The van der Waals surface area contributed by atoms with E-state index in [0.717, 1.165) is 55.7 Å². The normalized spacial score (nSPS) is 12.7. The lowest BCUT2D eigenvalue weighted by molar-refractivity contribution is 0.590. The SMILES string of the molecule is CC(C)(C)c1ccc2c(c1)c1cc(C(C)(C)C)ccc1n2-c1ccc(-n2c3ccc(C(C)(C)C)cc3c3cc(C(C)(C)C)ccc32)c(-c2ccccc2C#N)c1-c1ccccc1C#N. The fourth-order valence-electron chi connectivity index (χ4n) is 9.53. The van der Waals surface area contributed by atoms with E-state index in [9.17, 15) is 10.5 Å². The highest BCUT2D eigenvalue weighted by molar-refractivity contribution is 6.13. The first-order chi connectivity index (χ1) is 30.2. The molecule has 9 rings (SSSR count). The third-order valence-electron chi connectivity index (χ3n) is 13.3. The highest BCUT2D eigenvalue weighted by Crippen LogP contribution is 2.48. The first-order valence-electron chi connectivity index (χ1n) is 22.6. The molecule has 0 N–H and O–H groups in total. The van der Waals surface area contributed by atoms with Crippen LogP contribution in [0.4, 0.5) is 0 Å². The van der Waals surface area contributed by atoms with Gasteiger partial charge in [-0.2, -0.15) is 10.5 Å². The first-order valence-corrected chi connectivity index (χ1v) is 22.6. The van der Waals surface area contributed by atoms with Crippen LogP contribution in [0.5, 0.6) is 0 Å². The average Bonchev–Trinajstić information content (AvgIpc) is 3.76. The van der Waals surface area contributed by atoms with Gasteiger partial charge >= 0.3 is 0 Å². The Hall–Kier alpha value is -6.88. The second-order valence-corrected chi connectivity index (χ2v) is 21.8. The molecule has 2 heterocycles. The van der Waals surface area contributed by atoms with Crippen LogP contribution in [0.3, 0.4) is 0 Å². The summed E-state index contributed by atoms with van der Waals surface area (Å²) in [4.78, 5) is 0. The summed E-state index contributed by atoms with van der Waals surface area (Å²) in [5.74, 6) is 0. The minimum atomic E-state index is -0.0550. The molecule has 4 heteroatoms. The Balaban J connectivity index is 1.51. The van der Waals surface area contributed by atoms with Crippen molar-refractivity contribution in [3.05, 3.63) is 167 Å². The van der Waals surface area contributed by atoms with Crippen LogP contribution in [-0.4, -0.2) is 9.13 Å². The summed E-state index contributed by atoms with van der Waals surface area (Å²) in [6.45, 7) is 27.2. The highest BCUT2D eigenvalue weighted by atomic mass is 15.0. The number of nitriles is 2. The summed E-state index contributed by atoms with van der Waals surface area (Å²) >= 11 is 0. The van der Waals surface area contributed by atoms with Crippen molar-refractivity contribution in [2.24, 2.45) is 0 Å². The molecule has 0 saturated heterocycles. The van der Waals surface area contributed by atoms with Crippen LogP contribution in [-0.2, 0) is 21.7 Å². The van der Waals surface area contributed by atoms with E-state index in [-0.39, 0.29) is 21.7 Å². The number of nitrogens with zero attached hydrogens (tertiary/aromatic N) is 4. The summed E-state index contributed by atoms with van der Waals surface area (Å²) in [5, 5.41) is 26.6. The Labute approximate surface area is 379 Å². The van der Waals surface area contributed by atoms with Crippen LogP contribution in [0, 0.1) is 22.7 Å². The molecule has 9 aromatic rings. The fraction of sp³-hybridized carbons (Fsp3) is 0.267. The summed E-state index contributed by atoms with van der Waals surface area (Å²) in [5.41, 5.74) is 15.6. The maximum atomic E-state index is 10.9. The highest BCUT2D eigenvalue weighted by Gasteiger charge is 2.29. The quantitative estimate of drug-likeness (QED) is 0.177. The zero-order chi connectivity index (χ0) is 45.7. The standard InChI is InChI=1S/C60H58N4/c1-57(2,3)39-21-25-49-45(31-39)46-32-40(58(4,5)6)22-26-50(46)63(49)53-29-30-54(56(44-20-16-14-18-38(44)36-62)55(53)43-19-15-13-17-37(43)35-61)64-51-27-23-41(59(7,8)9)33-47(51)48-34-42(60(10,11)12)24-28-52(48)64/h13-34H,1-12H3. The Bertz CT molecular complexity index is 3060. The van der Waals surface area contributed by atoms with Crippen LogP contribution >= 0.6 is 0 Å². The molecule has 0 aliphatic heterocycles. The van der Waals surface area contributed by atoms with Crippen LogP contribution in [0.2, 0.25) is 0 Å². The van der Waals surface area contributed by atoms with E-state index in [2.05, 4.69) is 201 Å². The van der Waals surface area contributed by atoms with Gasteiger partial charge < -0.3 is 9.13 Å². The van der Waals surface area contributed by atoms with Crippen molar-refractivity contribution in [2.75, 3.05) is 0 Å². The van der Waals surface area contributed by atoms with Gasteiger partial charge in [-0.15, -0.1) is 0 Å². The second kappa shape index (κ2) is 14.9. The third-order valence-corrected chi connectivity index (χ3v) is 13.3. The van der Waals surface area contributed by atoms with Gasteiger partial charge in [0.15, 0.2) is 0 Å². The van der Waals surface area contributed by atoms with Crippen LogP contribution in [0.1, 0.15) is 116 Å². The van der Waals surface area contributed by atoms with Crippen molar-refractivity contribution in [1.82, 2.24) is 9.13 Å². The summed E-state index contributed by atoms with van der Waals surface area (Å²) in [7, 11) is 0. The van der Waals surface area contributed by atoms with E-state index >= 15 is 0 Å². The number of benzene rings is 7. The molecule has 0 saturated carbocycles. The Morgan fingerprint density at radius 3 is 0.859 bits per heavy atom. The monoisotopic (exact) mass is 834 g/mol. The maximum absolute atomic E-state index is 10.9. The summed E-state index contributed by atoms with van der Waals surface area (Å²) < 4.78 is 4.79. The van der Waals surface area contributed by atoms with Gasteiger partial charge in [-0.25, -0.2) is 0 Å². The van der Waals surface area contributed by atoms with Crippen molar-refractivity contribution >= 4 is 43.6 Å². The molecule has 7 aromatic carbocycles. The molecule has 0 amide bonds. The Morgan fingerprint density at radius 1 is 0.344 bits per heavy atom. The predicted molar refractivity (Wildman–Crippen MR) is 270 cm³/mol. The van der Waals surface area contributed by atoms with Gasteiger partial charge in [0.25, 0.3) is 0 Å². The van der Waals surface area contributed by atoms with Gasteiger partial charge in [0.1, 0.15) is 0 Å². The molecule has 0 unspecified atom stereocenters. The third kappa shape index (κ3) is 6.98. The summed E-state index contributed by atoms with van der Waals surface area (Å²) in [6.07, 6.45) is 0. The first kappa shape index (κ1) is 42.4. The molecular weight excluding hydrogens is 777 g/mol. The number of aromatic nitrogens is 2. The average molecular weight is 835 g/mol. The molecule has 0 atom stereocenters. The van der Waals surface area contributed by atoms with Gasteiger partial charge in [0.2, 0.25) is 0 Å². The van der Waals surface area contributed by atoms with E-state index < -0.39 is 0 Å². The Morgan fingerprint density at radius 2 is 0.609 bits per heavy atom. The molecule has 0 radical (unpaired) electrons. The molecule has 0 bridgehead atoms. The topological polar surface area (TPSA) is 57.4 Å². The van der Waals surface area contributed by atoms with E-state index in [1.165, 1.54) is 43.8 Å². The van der Waals surface area contributed by atoms with Crippen LogP contribution in [0.15, 0.2) is 133 Å². The fourth-order valence-corrected chi connectivity index (χ4v) is 9.53. The van der Waals surface area contributed by atoms with Gasteiger partial charge in [0, 0.05) is 43.8 Å². The maximum Gasteiger partial charge on any atom is 0.0998 e. The molecule has 0 fully saturated rings. The Kier molecular flexibility index (Phi) is 9.85. The molecule has 64 heavy (non-hydrogen) atoms. The lowest BCUT2D eigenvalue weighted by Gasteiger charge is -2.24. The number of fused-ring (bicyclic) bond motifs is 6. The van der Waals surface area contributed by atoms with E-state index in [4.69, 9.17) is 0 Å². The van der Waals surface area contributed by atoms with Crippen molar-refractivity contribution in [2.45, 2.75) is 105 Å². The minimum absolute atomic E-state index is 0.0550. The zero-order valence-corrected chi connectivity index (χ0v) is 39.5. The van der Waals surface area contributed by atoms with Gasteiger partial charge in [-0.05, 0) is 117 Å². The van der Waals surface area contributed by atoms with Crippen molar-refractivity contribution < 1.29 is 0 Å². The lowest BCUT2D eigenvalue weighted by Crippen LogP contribution is -2.11. The predicted octanol–water partition coefficient (Wildman–Crippen LogP) is 16.1. The van der Waals surface area contributed by atoms with Crippen molar-refractivity contribution in [3.8, 4) is 45.8 Å². The zero-order valence-electron chi connectivity index (χ0n) is 39.5. The molecule has 318 valence electrons. The smallest absolute Gasteiger partial charge is 0.0998 e. The molecule has 4 nitrogen and oxygen atoms in total.